The lowest BCUT2D eigenvalue weighted by molar-refractivity contribution is -0.220. The van der Waals surface area contributed by atoms with E-state index in [0.717, 1.165) is 44.9 Å². The first-order valence-corrected chi connectivity index (χ1v) is 25.6. The summed E-state index contributed by atoms with van der Waals surface area (Å²) in [5.41, 5.74) is 0. The summed E-state index contributed by atoms with van der Waals surface area (Å²) in [5, 5.41) is 63.9. The van der Waals surface area contributed by atoms with Crippen LogP contribution in [0.15, 0.2) is 12.2 Å². The van der Waals surface area contributed by atoms with Crippen molar-refractivity contribution >= 4 is 13.7 Å². The molecule has 1 rings (SSSR count). The Hall–Kier alpha value is -0.920. The van der Waals surface area contributed by atoms with Crippen molar-refractivity contribution in [3.63, 3.8) is 0 Å². The molecule has 1 fully saturated rings. The highest BCUT2D eigenvalue weighted by molar-refractivity contribution is 7.47. The monoisotopic (exact) mass is 864 g/mol. The zero-order chi connectivity index (χ0) is 43.6. The third-order valence-electron chi connectivity index (χ3n) is 11.8. The predicted molar refractivity (Wildman–Crippen MR) is 237 cm³/mol. The van der Waals surface area contributed by atoms with E-state index in [1.54, 1.807) is 0 Å². The number of aliphatic hydroxyl groups is 6. The maximum Gasteiger partial charge on any atom is 0.472 e. The molecular formula is C46H90NO11P. The molecule has 0 aromatic carbocycles. The summed E-state index contributed by atoms with van der Waals surface area (Å²) in [6, 6.07) is -1.11. The Morgan fingerprint density at radius 3 is 1.29 bits per heavy atom. The first kappa shape index (κ1) is 56.1. The molecule has 1 amide bonds. The lowest BCUT2D eigenvalue weighted by atomic mass is 9.85. The van der Waals surface area contributed by atoms with Gasteiger partial charge in [0.05, 0.1) is 18.8 Å². The average molecular weight is 864 g/mol. The second kappa shape index (κ2) is 36.6. The topological polar surface area (TPSA) is 206 Å². The molecule has 0 saturated heterocycles. The fourth-order valence-electron chi connectivity index (χ4n) is 7.84. The third kappa shape index (κ3) is 28.4. The maximum absolute atomic E-state index is 12.9. The standard InChI is InChI=1S/C46H90NO11P/c1-3-5-7-9-11-13-15-16-17-18-19-20-21-22-23-24-26-28-30-32-34-36-40(49)47-38(39(48)35-33-31-29-27-25-14-12-10-8-6-4-2)37-57-59(55,56)58-46-44(53)42(51)41(50)43(52)45(46)54/h33,35,38-39,41-46,48,50-54H,3-32,34,36-37H2,1-2H3,(H,47,49)(H,55,56)/b35-33+/t38-,39+,41?,42-,43+,44+,45+,46?/m0/s1. The van der Waals surface area contributed by atoms with Gasteiger partial charge in [-0.05, 0) is 19.3 Å². The van der Waals surface area contributed by atoms with E-state index in [4.69, 9.17) is 9.05 Å². The van der Waals surface area contributed by atoms with Crippen molar-refractivity contribution in [1.82, 2.24) is 5.32 Å². The Kier molecular flexibility index (Phi) is 34.8. The largest absolute Gasteiger partial charge is 0.472 e. The number of amides is 1. The zero-order valence-corrected chi connectivity index (χ0v) is 38.2. The number of allylic oxidation sites excluding steroid dienone is 1. The molecule has 0 heterocycles. The molecule has 3 unspecified atom stereocenters. The zero-order valence-electron chi connectivity index (χ0n) is 37.3. The normalized spacial score (nSPS) is 23.1. The number of aliphatic hydroxyl groups excluding tert-OH is 6. The maximum atomic E-state index is 12.9. The predicted octanol–water partition coefficient (Wildman–Crippen LogP) is 9.23. The van der Waals surface area contributed by atoms with E-state index in [2.05, 4.69) is 19.2 Å². The molecule has 9 atom stereocenters. The Bertz CT molecular complexity index is 1050. The fraction of sp³-hybridized carbons (Fsp3) is 0.935. The van der Waals surface area contributed by atoms with Crippen LogP contribution in [-0.4, -0.2) is 96.8 Å². The Morgan fingerprint density at radius 1 is 0.559 bits per heavy atom. The lowest BCUT2D eigenvalue weighted by Gasteiger charge is -2.41. The van der Waals surface area contributed by atoms with Gasteiger partial charge in [-0.1, -0.05) is 206 Å². The van der Waals surface area contributed by atoms with Gasteiger partial charge in [0, 0.05) is 6.42 Å². The quantitative estimate of drug-likeness (QED) is 0.0166. The minimum atomic E-state index is -5.07. The number of hydrogen-bond donors (Lipinski definition) is 8. The van der Waals surface area contributed by atoms with Crippen LogP contribution in [0.25, 0.3) is 0 Å². The van der Waals surface area contributed by atoms with Crippen molar-refractivity contribution in [1.29, 1.82) is 0 Å². The van der Waals surface area contributed by atoms with Gasteiger partial charge in [-0.2, -0.15) is 0 Å². The molecule has 350 valence electrons. The van der Waals surface area contributed by atoms with Gasteiger partial charge in [0.15, 0.2) is 0 Å². The van der Waals surface area contributed by atoms with Crippen LogP contribution in [0.4, 0.5) is 0 Å². The molecule has 0 radical (unpaired) electrons. The number of phosphoric acid groups is 1. The van der Waals surface area contributed by atoms with E-state index in [0.29, 0.717) is 6.42 Å². The summed E-state index contributed by atoms with van der Waals surface area (Å²) in [4.78, 5) is 23.4. The molecule has 0 spiro atoms. The molecule has 1 saturated carbocycles. The van der Waals surface area contributed by atoms with Crippen molar-refractivity contribution in [3.8, 4) is 0 Å². The third-order valence-corrected chi connectivity index (χ3v) is 12.8. The summed E-state index contributed by atoms with van der Waals surface area (Å²) >= 11 is 0. The Balaban J connectivity index is 2.39. The van der Waals surface area contributed by atoms with Crippen molar-refractivity contribution in [2.45, 2.75) is 268 Å². The van der Waals surface area contributed by atoms with Crippen LogP contribution in [-0.2, 0) is 18.4 Å². The minimum absolute atomic E-state index is 0.219. The number of unbranched alkanes of at least 4 members (excludes halogenated alkanes) is 29. The van der Waals surface area contributed by atoms with Gasteiger partial charge >= 0.3 is 7.82 Å². The van der Waals surface area contributed by atoms with E-state index in [1.807, 2.05) is 6.08 Å². The van der Waals surface area contributed by atoms with E-state index in [-0.39, 0.29) is 12.3 Å². The number of nitrogens with one attached hydrogen (secondary N) is 1. The number of hydrogen-bond acceptors (Lipinski definition) is 10. The summed E-state index contributed by atoms with van der Waals surface area (Å²) in [6.07, 6.45) is 28.7. The van der Waals surface area contributed by atoms with Gasteiger partial charge in [-0.15, -0.1) is 0 Å². The number of carbonyl (C=O) groups excluding carboxylic acids is 1. The highest BCUT2D eigenvalue weighted by Gasteiger charge is 2.51. The first-order valence-electron chi connectivity index (χ1n) is 24.1. The van der Waals surface area contributed by atoms with Crippen molar-refractivity contribution < 1.29 is 53.9 Å². The van der Waals surface area contributed by atoms with Gasteiger partial charge in [0.25, 0.3) is 0 Å². The van der Waals surface area contributed by atoms with Crippen molar-refractivity contribution in [2.24, 2.45) is 0 Å². The van der Waals surface area contributed by atoms with Crippen LogP contribution < -0.4 is 5.32 Å². The summed E-state index contributed by atoms with van der Waals surface area (Å²) in [7, 11) is -5.07. The SMILES string of the molecule is CCCCCCCCCCC/C=C/[C@@H](O)[C@H](COP(=O)(O)OC1[C@H](O)[C@H](O)C(O)[C@H](O)[C@H]1O)NC(=O)CCCCCCCCCCCCCCCCCCCCCCC. The van der Waals surface area contributed by atoms with Crippen molar-refractivity contribution in [3.05, 3.63) is 12.2 Å². The van der Waals surface area contributed by atoms with Gasteiger partial charge in [0.2, 0.25) is 5.91 Å². The number of rotatable bonds is 40. The molecule has 0 aromatic rings. The van der Waals surface area contributed by atoms with Gasteiger partial charge in [-0.3, -0.25) is 13.8 Å². The lowest BCUT2D eigenvalue weighted by Crippen LogP contribution is -2.64. The van der Waals surface area contributed by atoms with Crippen LogP contribution in [0.3, 0.4) is 0 Å². The Labute approximate surface area is 359 Å². The highest BCUT2D eigenvalue weighted by atomic mass is 31.2. The van der Waals surface area contributed by atoms with E-state index < -0.39 is 63.2 Å². The van der Waals surface area contributed by atoms with Gasteiger partial charge in [0.1, 0.15) is 36.6 Å². The smallest absolute Gasteiger partial charge is 0.387 e. The summed E-state index contributed by atoms with van der Waals surface area (Å²) in [5.74, 6) is -0.338. The van der Waals surface area contributed by atoms with Crippen LogP contribution in [0.1, 0.15) is 219 Å². The first-order chi connectivity index (χ1) is 28.4. The minimum Gasteiger partial charge on any atom is -0.387 e. The molecule has 0 aliphatic heterocycles. The van der Waals surface area contributed by atoms with E-state index >= 15 is 0 Å². The number of carbonyl (C=O) groups is 1. The second-order valence-electron chi connectivity index (χ2n) is 17.3. The molecule has 0 bridgehead atoms. The molecule has 13 heteroatoms. The summed E-state index contributed by atoms with van der Waals surface area (Å²) < 4.78 is 22.9. The average Bonchev–Trinajstić information content (AvgIpc) is 3.22. The van der Waals surface area contributed by atoms with E-state index in [1.165, 1.54) is 154 Å². The van der Waals surface area contributed by atoms with Crippen LogP contribution >= 0.6 is 7.82 Å². The van der Waals surface area contributed by atoms with Gasteiger partial charge in [-0.25, -0.2) is 4.57 Å². The molecule has 1 aliphatic carbocycles. The van der Waals surface area contributed by atoms with Crippen LogP contribution in [0, 0.1) is 0 Å². The van der Waals surface area contributed by atoms with Crippen LogP contribution in [0.2, 0.25) is 0 Å². The summed E-state index contributed by atoms with van der Waals surface area (Å²) in [6.45, 7) is 3.83. The molecular weight excluding hydrogens is 773 g/mol. The van der Waals surface area contributed by atoms with E-state index in [9.17, 15) is 44.9 Å². The highest BCUT2D eigenvalue weighted by Crippen LogP contribution is 2.47. The molecule has 8 N–H and O–H groups in total. The van der Waals surface area contributed by atoms with Gasteiger partial charge < -0.3 is 40.8 Å². The molecule has 59 heavy (non-hydrogen) atoms. The molecule has 0 aromatic heterocycles. The molecule has 12 nitrogen and oxygen atoms in total. The van der Waals surface area contributed by atoms with Crippen molar-refractivity contribution in [2.75, 3.05) is 6.61 Å². The Morgan fingerprint density at radius 2 is 0.898 bits per heavy atom. The molecule has 1 aliphatic rings. The second-order valence-corrected chi connectivity index (χ2v) is 18.7. The fourth-order valence-corrected chi connectivity index (χ4v) is 8.81. The van der Waals surface area contributed by atoms with Crippen LogP contribution in [0.5, 0.6) is 0 Å². The number of phosphoric ester groups is 1.